The van der Waals surface area contributed by atoms with E-state index in [2.05, 4.69) is 105 Å². The van der Waals surface area contributed by atoms with Gasteiger partial charge in [0.2, 0.25) is 6.33 Å². The summed E-state index contributed by atoms with van der Waals surface area (Å²) in [5, 5.41) is 2.24. The molecule has 1 aromatic heterocycles. The normalized spacial score (nSPS) is 11.4. The summed E-state index contributed by atoms with van der Waals surface area (Å²) >= 11 is 0. The summed E-state index contributed by atoms with van der Waals surface area (Å²) in [7, 11) is 2.10. The minimum Gasteiger partial charge on any atom is -1.00 e. The maximum absolute atomic E-state index is 6.47. The maximum Gasteiger partial charge on any atom is 0.244 e. The van der Waals surface area contributed by atoms with Crippen molar-refractivity contribution < 1.29 is 31.0 Å². The van der Waals surface area contributed by atoms with E-state index in [-0.39, 0.29) is 17.0 Å². The highest BCUT2D eigenvalue weighted by Gasteiger charge is 2.19. The molecule has 182 valence electrons. The van der Waals surface area contributed by atoms with Crippen molar-refractivity contribution in [2.24, 2.45) is 18.9 Å². The molecule has 3 aromatic carbocycles. The van der Waals surface area contributed by atoms with Crippen molar-refractivity contribution in [3.8, 4) is 11.5 Å². The van der Waals surface area contributed by atoms with Gasteiger partial charge in [-0.3, -0.25) is 0 Å². The summed E-state index contributed by atoms with van der Waals surface area (Å²) in [5.74, 6) is 3.13. The third-order valence-corrected chi connectivity index (χ3v) is 6.15. The molecule has 0 fully saturated rings. The zero-order valence-electron chi connectivity index (χ0n) is 21.1. The minimum absolute atomic E-state index is 0. The second-order valence-corrected chi connectivity index (χ2v) is 9.81. The van der Waals surface area contributed by atoms with Gasteiger partial charge >= 0.3 is 0 Å². The van der Waals surface area contributed by atoms with Crippen LogP contribution < -0.4 is 31.0 Å². The van der Waals surface area contributed by atoms with Gasteiger partial charge in [0.1, 0.15) is 18.0 Å². The Bertz CT molecular complexity index is 1230. The van der Waals surface area contributed by atoms with E-state index in [1.165, 1.54) is 11.0 Å². The van der Waals surface area contributed by atoms with Gasteiger partial charge < -0.3 is 26.5 Å². The predicted molar refractivity (Wildman–Crippen MR) is 136 cm³/mol. The molecule has 4 nitrogen and oxygen atoms in total. The molecule has 0 aliphatic rings. The number of imidazole rings is 1. The van der Waals surface area contributed by atoms with Crippen LogP contribution in [-0.2, 0) is 13.6 Å². The summed E-state index contributed by atoms with van der Waals surface area (Å²) in [6.45, 7) is 11.1. The van der Waals surface area contributed by atoms with Gasteiger partial charge in [0, 0.05) is 16.3 Å². The Hall–Kier alpha value is -2.53. The lowest BCUT2D eigenvalue weighted by molar-refractivity contribution is -0.645. The maximum atomic E-state index is 6.47. The van der Waals surface area contributed by atoms with Crippen molar-refractivity contribution in [2.75, 3.05) is 13.2 Å². The van der Waals surface area contributed by atoms with E-state index in [0.29, 0.717) is 18.4 Å². The van der Waals surface area contributed by atoms with E-state index < -0.39 is 0 Å². The van der Waals surface area contributed by atoms with Crippen LogP contribution in [0.15, 0.2) is 60.9 Å². The number of benzene rings is 3. The SMILES string of the molecule is CC(C)CCOc1cc(Cn2c[n+](C)c3ccccc32)c(OCCC(C)C)c2ccccc12.[Br-]. The minimum atomic E-state index is 0. The second kappa shape index (κ2) is 11.7. The van der Waals surface area contributed by atoms with E-state index in [4.69, 9.17) is 9.47 Å². The van der Waals surface area contributed by atoms with Crippen LogP contribution in [0.5, 0.6) is 11.5 Å². The molecule has 0 aliphatic carbocycles. The lowest BCUT2D eigenvalue weighted by Crippen LogP contribution is -3.00. The van der Waals surface area contributed by atoms with Gasteiger partial charge in [0.15, 0.2) is 11.0 Å². The van der Waals surface area contributed by atoms with Crippen molar-refractivity contribution in [3.63, 3.8) is 0 Å². The van der Waals surface area contributed by atoms with Gasteiger partial charge in [-0.1, -0.05) is 64.1 Å². The molecule has 1 heterocycles. The van der Waals surface area contributed by atoms with E-state index in [0.717, 1.165) is 53.8 Å². The number of hydrogen-bond donors (Lipinski definition) is 0. The molecule has 0 amide bonds. The Morgan fingerprint density at radius 2 is 1.44 bits per heavy atom. The first-order chi connectivity index (χ1) is 15.9. The van der Waals surface area contributed by atoms with Crippen molar-refractivity contribution in [3.05, 3.63) is 66.5 Å². The van der Waals surface area contributed by atoms with Crippen LogP contribution in [0.3, 0.4) is 0 Å². The molecule has 0 saturated heterocycles. The lowest BCUT2D eigenvalue weighted by Gasteiger charge is -2.18. The van der Waals surface area contributed by atoms with Crippen molar-refractivity contribution in [1.82, 2.24) is 4.57 Å². The Labute approximate surface area is 214 Å². The van der Waals surface area contributed by atoms with E-state index in [9.17, 15) is 0 Å². The number of nitrogens with zero attached hydrogens (tertiary/aromatic N) is 2. The van der Waals surface area contributed by atoms with Gasteiger partial charge in [-0.2, -0.15) is 0 Å². The van der Waals surface area contributed by atoms with Crippen LogP contribution in [0.2, 0.25) is 0 Å². The number of aromatic nitrogens is 2. The average Bonchev–Trinajstić information content (AvgIpc) is 3.10. The highest BCUT2D eigenvalue weighted by atomic mass is 79.9. The quantitative estimate of drug-likeness (QED) is 0.297. The van der Waals surface area contributed by atoms with Crippen molar-refractivity contribution in [2.45, 2.75) is 47.1 Å². The monoisotopic (exact) mass is 524 g/mol. The predicted octanol–water partition coefficient (Wildman–Crippen LogP) is 3.52. The van der Waals surface area contributed by atoms with Gasteiger partial charge in [-0.15, -0.1) is 0 Å². The summed E-state index contributed by atoms with van der Waals surface area (Å²) in [4.78, 5) is 0. The molecule has 4 rings (SSSR count). The second-order valence-electron chi connectivity index (χ2n) is 9.81. The number of aryl methyl sites for hydroxylation is 1. The zero-order chi connectivity index (χ0) is 23.4. The highest BCUT2D eigenvalue weighted by molar-refractivity contribution is 5.94. The average molecular weight is 526 g/mol. The lowest BCUT2D eigenvalue weighted by atomic mass is 10.0. The fraction of sp³-hybridized carbons (Fsp3) is 0.414. The van der Waals surface area contributed by atoms with Gasteiger partial charge in [0.05, 0.1) is 20.3 Å². The summed E-state index contributed by atoms with van der Waals surface area (Å²) < 4.78 is 17.3. The van der Waals surface area contributed by atoms with Crippen LogP contribution in [0, 0.1) is 11.8 Å². The Balaban J connectivity index is 0.00000324. The smallest absolute Gasteiger partial charge is 0.244 e. The largest absolute Gasteiger partial charge is 1.00 e. The number of hydrogen-bond acceptors (Lipinski definition) is 2. The molecule has 0 atom stereocenters. The molecule has 0 spiro atoms. The summed E-state index contributed by atoms with van der Waals surface area (Å²) in [6.07, 6.45) is 4.23. The molecule has 0 unspecified atom stereocenters. The molecular weight excluding hydrogens is 488 g/mol. The fourth-order valence-corrected chi connectivity index (χ4v) is 4.23. The zero-order valence-corrected chi connectivity index (χ0v) is 22.6. The van der Waals surface area contributed by atoms with Crippen LogP contribution in [0.1, 0.15) is 46.1 Å². The Morgan fingerprint density at radius 1 is 0.824 bits per heavy atom. The molecule has 5 heteroatoms. The molecular formula is C29H37BrN2O2. The fourth-order valence-electron chi connectivity index (χ4n) is 4.23. The number of para-hydroxylation sites is 2. The summed E-state index contributed by atoms with van der Waals surface area (Å²) in [5.41, 5.74) is 3.58. The molecule has 4 aromatic rings. The first-order valence-electron chi connectivity index (χ1n) is 12.2. The highest BCUT2D eigenvalue weighted by Crippen LogP contribution is 2.38. The first-order valence-corrected chi connectivity index (χ1v) is 12.2. The number of fused-ring (bicyclic) bond motifs is 2. The molecule has 0 N–H and O–H groups in total. The number of halogens is 1. The third kappa shape index (κ3) is 5.93. The third-order valence-electron chi connectivity index (χ3n) is 6.15. The van der Waals surface area contributed by atoms with E-state index >= 15 is 0 Å². The molecule has 0 aliphatic heterocycles. The topological polar surface area (TPSA) is 27.3 Å². The van der Waals surface area contributed by atoms with Crippen molar-refractivity contribution >= 4 is 21.8 Å². The summed E-state index contributed by atoms with van der Waals surface area (Å²) in [6, 6.07) is 19.2. The van der Waals surface area contributed by atoms with E-state index in [1.54, 1.807) is 0 Å². The first kappa shape index (κ1) is 26.1. The van der Waals surface area contributed by atoms with Gasteiger partial charge in [-0.05, 0) is 42.9 Å². The number of rotatable bonds is 10. The molecule has 34 heavy (non-hydrogen) atoms. The van der Waals surface area contributed by atoms with Crippen LogP contribution in [0.25, 0.3) is 21.8 Å². The van der Waals surface area contributed by atoms with E-state index in [1.807, 2.05) is 0 Å². The molecule has 0 saturated carbocycles. The standard InChI is InChI=1S/C29H37N2O2.BrH/c1-21(2)14-16-32-28-18-23(19-31-20-30(5)26-12-8-9-13-27(26)31)29(33-17-15-22(3)4)25-11-7-6-10-24(25)28;/h6-13,18,20-22H,14-17,19H2,1-5H3;1H/q+1;/p-1. The van der Waals surface area contributed by atoms with Crippen LogP contribution in [-0.4, -0.2) is 17.8 Å². The van der Waals surface area contributed by atoms with Crippen LogP contribution in [0.4, 0.5) is 0 Å². The number of ether oxygens (including phenoxy) is 2. The Kier molecular flexibility index (Phi) is 9.01. The molecule has 0 bridgehead atoms. The Morgan fingerprint density at radius 3 is 2.15 bits per heavy atom. The molecule has 0 radical (unpaired) electrons. The van der Waals surface area contributed by atoms with Gasteiger partial charge in [-0.25, -0.2) is 9.13 Å². The van der Waals surface area contributed by atoms with Gasteiger partial charge in [0.25, 0.3) is 0 Å². The van der Waals surface area contributed by atoms with Crippen molar-refractivity contribution in [1.29, 1.82) is 0 Å². The van der Waals surface area contributed by atoms with Crippen LogP contribution >= 0.6 is 0 Å².